The van der Waals surface area contributed by atoms with Crippen LogP contribution in [-0.4, -0.2) is 15.8 Å². The molecule has 0 unspecified atom stereocenters. The number of hydrogen-bond donors (Lipinski definition) is 1. The Morgan fingerprint density at radius 2 is 2.10 bits per heavy atom. The number of nitro groups is 1. The molecule has 0 atom stereocenters. The maximum Gasteiger partial charge on any atom is 0.270 e. The van der Waals surface area contributed by atoms with Gasteiger partial charge in [-0.05, 0) is 47.7 Å². The number of nitro benzene ring substituents is 1. The minimum Gasteiger partial charge on any atom is -0.307 e. The van der Waals surface area contributed by atoms with Gasteiger partial charge >= 0.3 is 0 Å². The lowest BCUT2D eigenvalue weighted by molar-refractivity contribution is -0.384. The third-order valence-electron chi connectivity index (χ3n) is 2.67. The van der Waals surface area contributed by atoms with Crippen LogP contribution in [0.15, 0.2) is 30.3 Å². The number of amides is 1. The molecule has 1 amide bonds. The van der Waals surface area contributed by atoms with Crippen molar-refractivity contribution >= 4 is 51.6 Å². The van der Waals surface area contributed by atoms with Gasteiger partial charge in [-0.2, -0.15) is 0 Å². The van der Waals surface area contributed by atoms with E-state index in [-0.39, 0.29) is 16.3 Å². The van der Waals surface area contributed by atoms with Gasteiger partial charge in [0.1, 0.15) is 5.82 Å². The molecule has 0 aliphatic carbocycles. The average molecular weight is 418 g/mol. The highest BCUT2D eigenvalue weighted by atomic mass is 127. The maximum atomic E-state index is 12.1. The molecule has 0 fully saturated rings. The summed E-state index contributed by atoms with van der Waals surface area (Å²) < 4.78 is 0.971. The molecule has 1 aromatic carbocycles. The highest BCUT2D eigenvalue weighted by molar-refractivity contribution is 14.1. The van der Waals surface area contributed by atoms with E-state index < -0.39 is 10.8 Å². The van der Waals surface area contributed by atoms with Crippen molar-refractivity contribution in [3.8, 4) is 0 Å². The van der Waals surface area contributed by atoms with E-state index in [9.17, 15) is 14.9 Å². The summed E-state index contributed by atoms with van der Waals surface area (Å²) in [4.78, 5) is 26.5. The zero-order valence-corrected chi connectivity index (χ0v) is 13.7. The van der Waals surface area contributed by atoms with E-state index in [0.717, 1.165) is 15.3 Å². The largest absolute Gasteiger partial charge is 0.307 e. The molecule has 0 saturated carbocycles. The average Bonchev–Trinajstić information content (AvgIpc) is 2.43. The van der Waals surface area contributed by atoms with Gasteiger partial charge in [0, 0.05) is 15.7 Å². The van der Waals surface area contributed by atoms with E-state index in [1.807, 2.05) is 13.0 Å². The third-order valence-corrected chi connectivity index (χ3v) is 4.14. The van der Waals surface area contributed by atoms with Crippen LogP contribution in [-0.2, 0) is 0 Å². The van der Waals surface area contributed by atoms with E-state index in [1.165, 1.54) is 12.1 Å². The van der Waals surface area contributed by atoms with Crippen LogP contribution in [0.5, 0.6) is 0 Å². The monoisotopic (exact) mass is 417 g/mol. The van der Waals surface area contributed by atoms with E-state index in [4.69, 9.17) is 11.6 Å². The lowest BCUT2D eigenvalue weighted by Crippen LogP contribution is -2.14. The molecule has 0 aliphatic rings. The van der Waals surface area contributed by atoms with Crippen LogP contribution in [0.4, 0.5) is 11.5 Å². The Bertz CT molecular complexity index is 737. The highest BCUT2D eigenvalue weighted by Gasteiger charge is 2.16. The van der Waals surface area contributed by atoms with Crippen LogP contribution in [0.1, 0.15) is 16.1 Å². The Kier molecular flexibility index (Phi) is 4.73. The maximum absolute atomic E-state index is 12.1. The lowest BCUT2D eigenvalue weighted by Gasteiger charge is -2.07. The molecule has 0 spiro atoms. The molecule has 21 heavy (non-hydrogen) atoms. The molecular formula is C13H9ClIN3O3. The van der Waals surface area contributed by atoms with Gasteiger partial charge < -0.3 is 5.32 Å². The van der Waals surface area contributed by atoms with Crippen LogP contribution in [0.2, 0.25) is 5.02 Å². The quantitative estimate of drug-likeness (QED) is 0.467. The number of aromatic nitrogens is 1. The topological polar surface area (TPSA) is 85.1 Å². The summed E-state index contributed by atoms with van der Waals surface area (Å²) in [6.45, 7) is 1.82. The van der Waals surface area contributed by atoms with Crippen molar-refractivity contribution in [2.24, 2.45) is 0 Å². The lowest BCUT2D eigenvalue weighted by atomic mass is 10.2. The SMILES string of the molecule is Cc1nc(NC(=O)c2cc([N+](=O)[O-])ccc2Cl)ccc1I. The van der Waals surface area contributed by atoms with Crippen LogP contribution in [0, 0.1) is 20.6 Å². The number of hydrogen-bond acceptors (Lipinski definition) is 4. The second-order valence-corrected chi connectivity index (χ2v) is 5.71. The summed E-state index contributed by atoms with van der Waals surface area (Å²) in [5.74, 6) is -0.183. The molecule has 1 heterocycles. The van der Waals surface area contributed by atoms with Crippen molar-refractivity contribution in [2.45, 2.75) is 6.92 Å². The van der Waals surface area contributed by atoms with Gasteiger partial charge in [-0.15, -0.1) is 0 Å². The van der Waals surface area contributed by atoms with Gasteiger partial charge in [0.15, 0.2) is 0 Å². The van der Waals surface area contributed by atoms with Gasteiger partial charge in [-0.25, -0.2) is 4.98 Å². The van der Waals surface area contributed by atoms with Crippen LogP contribution >= 0.6 is 34.2 Å². The number of benzene rings is 1. The number of carbonyl (C=O) groups excluding carboxylic acids is 1. The summed E-state index contributed by atoms with van der Waals surface area (Å²) in [6.07, 6.45) is 0. The Morgan fingerprint density at radius 1 is 1.38 bits per heavy atom. The van der Waals surface area contributed by atoms with Crippen LogP contribution in [0.25, 0.3) is 0 Å². The molecule has 1 N–H and O–H groups in total. The van der Waals surface area contributed by atoms with Crippen molar-refractivity contribution < 1.29 is 9.72 Å². The van der Waals surface area contributed by atoms with Crippen molar-refractivity contribution in [1.82, 2.24) is 4.98 Å². The van der Waals surface area contributed by atoms with Gasteiger partial charge in [0.25, 0.3) is 11.6 Å². The van der Waals surface area contributed by atoms with E-state index >= 15 is 0 Å². The molecule has 0 radical (unpaired) electrons. The van der Waals surface area contributed by atoms with Gasteiger partial charge in [-0.3, -0.25) is 14.9 Å². The second kappa shape index (κ2) is 6.35. The number of carbonyl (C=O) groups is 1. The van der Waals surface area contributed by atoms with Gasteiger partial charge in [-0.1, -0.05) is 11.6 Å². The van der Waals surface area contributed by atoms with Crippen molar-refractivity contribution in [2.75, 3.05) is 5.32 Å². The number of nitrogens with one attached hydrogen (secondary N) is 1. The number of anilines is 1. The number of nitrogens with zero attached hydrogens (tertiary/aromatic N) is 2. The molecule has 6 nitrogen and oxygen atoms in total. The normalized spacial score (nSPS) is 10.2. The van der Waals surface area contributed by atoms with Crippen molar-refractivity contribution in [3.05, 3.63) is 60.3 Å². The summed E-state index contributed by atoms with van der Waals surface area (Å²) in [5, 5.41) is 13.5. The fourth-order valence-corrected chi connectivity index (χ4v) is 2.10. The smallest absolute Gasteiger partial charge is 0.270 e. The zero-order valence-electron chi connectivity index (χ0n) is 10.8. The Morgan fingerprint density at radius 3 is 2.71 bits per heavy atom. The Hall–Kier alpha value is -1.74. The molecule has 0 saturated heterocycles. The Labute approximate surface area is 138 Å². The Balaban J connectivity index is 2.29. The standard InChI is InChI=1S/C13H9ClIN3O3/c1-7-11(15)4-5-12(16-7)17-13(19)9-6-8(18(20)21)2-3-10(9)14/h2-6H,1H3,(H,16,17,19). The second-order valence-electron chi connectivity index (χ2n) is 4.14. The first kappa shape index (κ1) is 15.6. The number of pyridine rings is 1. The first-order valence-electron chi connectivity index (χ1n) is 5.77. The number of non-ortho nitro benzene ring substituents is 1. The number of aryl methyl sites for hydroxylation is 1. The van der Waals surface area contributed by atoms with Gasteiger partial charge in [0.2, 0.25) is 0 Å². The summed E-state index contributed by atoms with van der Waals surface area (Å²) in [5.41, 5.74) is 0.610. The first-order valence-corrected chi connectivity index (χ1v) is 7.22. The van der Waals surface area contributed by atoms with Crippen LogP contribution in [0.3, 0.4) is 0 Å². The van der Waals surface area contributed by atoms with Crippen LogP contribution < -0.4 is 5.32 Å². The molecule has 2 rings (SSSR count). The zero-order chi connectivity index (χ0) is 15.6. The van der Waals surface area contributed by atoms with Gasteiger partial charge in [0.05, 0.1) is 21.2 Å². The van der Waals surface area contributed by atoms with Crippen molar-refractivity contribution in [3.63, 3.8) is 0 Å². The molecule has 2 aromatic rings. The minimum absolute atomic E-state index is 0.0314. The molecule has 1 aromatic heterocycles. The summed E-state index contributed by atoms with van der Waals surface area (Å²) in [6, 6.07) is 7.16. The molecule has 108 valence electrons. The summed E-state index contributed by atoms with van der Waals surface area (Å²) >= 11 is 8.05. The predicted octanol–water partition coefficient (Wildman–Crippen LogP) is 3.81. The predicted molar refractivity (Wildman–Crippen MR) is 87.8 cm³/mol. The fraction of sp³-hybridized carbons (Fsp3) is 0.0769. The molecule has 8 heteroatoms. The molecule has 0 bridgehead atoms. The van der Waals surface area contributed by atoms with Crippen molar-refractivity contribution in [1.29, 1.82) is 0 Å². The van der Waals surface area contributed by atoms with E-state index in [1.54, 1.807) is 6.07 Å². The molecular weight excluding hydrogens is 409 g/mol. The highest BCUT2D eigenvalue weighted by Crippen LogP contribution is 2.23. The minimum atomic E-state index is -0.583. The van der Waals surface area contributed by atoms with E-state index in [2.05, 4.69) is 32.9 Å². The molecule has 0 aliphatic heterocycles. The third kappa shape index (κ3) is 3.67. The fourth-order valence-electron chi connectivity index (χ4n) is 1.60. The summed E-state index contributed by atoms with van der Waals surface area (Å²) in [7, 11) is 0. The first-order chi connectivity index (χ1) is 9.88. The van der Waals surface area contributed by atoms with E-state index in [0.29, 0.717) is 5.82 Å². The number of rotatable bonds is 3. The number of halogens is 2.